The lowest BCUT2D eigenvalue weighted by molar-refractivity contribution is -0.115. The number of amides is 1. The van der Waals surface area contributed by atoms with Crippen LogP contribution in [0.15, 0.2) is 46.3 Å². The fourth-order valence-electron chi connectivity index (χ4n) is 2.61. The van der Waals surface area contributed by atoms with Crippen LogP contribution in [0.25, 0.3) is 6.08 Å². The van der Waals surface area contributed by atoms with Gasteiger partial charge in [-0.25, -0.2) is 9.79 Å². The topological polar surface area (TPSA) is 121 Å². The fourth-order valence-corrected chi connectivity index (χ4v) is 3.65. The number of carbonyl (C=O) groups excluding carboxylic acids is 1. The molecule has 8 nitrogen and oxygen atoms in total. The van der Waals surface area contributed by atoms with E-state index in [9.17, 15) is 14.7 Å². The average Bonchev–Trinajstić information content (AvgIpc) is 3.07. The Kier molecular flexibility index (Phi) is 7.18. The Morgan fingerprint density at radius 1 is 1.29 bits per heavy atom. The summed E-state index contributed by atoms with van der Waals surface area (Å²) in [6.07, 6.45) is 1.67. The zero-order valence-electron chi connectivity index (χ0n) is 16.2. The predicted octanol–water partition coefficient (Wildman–Crippen LogP) is 4.23. The summed E-state index contributed by atoms with van der Waals surface area (Å²) in [6.45, 7) is 2.13. The third-order valence-electron chi connectivity index (χ3n) is 3.92. The Morgan fingerprint density at radius 2 is 2.10 bits per heavy atom. The number of hydrogen-bond donors (Lipinski definition) is 2. The molecule has 0 atom stereocenters. The summed E-state index contributed by atoms with van der Waals surface area (Å²) in [6, 6.07) is 11.4. The van der Waals surface area contributed by atoms with Gasteiger partial charge in [0.1, 0.15) is 6.07 Å². The molecule has 2 N–H and O–H groups in total. The lowest BCUT2D eigenvalue weighted by atomic mass is 10.2. The maximum atomic E-state index is 12.3. The quantitative estimate of drug-likeness (QED) is 0.596. The van der Waals surface area contributed by atoms with E-state index in [1.54, 1.807) is 30.3 Å². The van der Waals surface area contributed by atoms with Gasteiger partial charge in [-0.15, -0.1) is 0 Å². The number of amidine groups is 1. The molecule has 1 fully saturated rings. The third kappa shape index (κ3) is 5.57. The van der Waals surface area contributed by atoms with Gasteiger partial charge >= 0.3 is 5.97 Å². The largest absolute Gasteiger partial charge is 0.490 e. The lowest BCUT2D eigenvalue weighted by Crippen LogP contribution is -2.19. The van der Waals surface area contributed by atoms with Crippen LogP contribution in [0.3, 0.4) is 0 Å². The number of hydrogen-bond acceptors (Lipinski definition) is 7. The molecule has 1 aliphatic rings. The Balaban J connectivity index is 1.84. The van der Waals surface area contributed by atoms with Crippen molar-refractivity contribution in [1.82, 2.24) is 5.32 Å². The van der Waals surface area contributed by atoms with Crippen molar-refractivity contribution in [1.29, 1.82) is 5.26 Å². The monoisotopic (exact) mass is 457 g/mol. The summed E-state index contributed by atoms with van der Waals surface area (Å²) in [4.78, 5) is 28.3. The molecule has 1 saturated heterocycles. The van der Waals surface area contributed by atoms with Crippen molar-refractivity contribution in [2.24, 2.45) is 4.99 Å². The maximum absolute atomic E-state index is 12.3. The van der Waals surface area contributed by atoms with Gasteiger partial charge in [0, 0.05) is 0 Å². The lowest BCUT2D eigenvalue weighted by Gasteiger charge is -2.10. The van der Waals surface area contributed by atoms with Gasteiger partial charge in [0.2, 0.25) is 0 Å². The van der Waals surface area contributed by atoms with Crippen molar-refractivity contribution in [2.45, 2.75) is 6.92 Å². The standard InChI is InChI=1S/C21H16ClN3O5S/c1-2-29-17-9-12(3-6-16(17)30-8-7-23)10-18-19(26)25-21(31-18)24-13-4-5-15(22)14(11-13)20(27)28/h3-6,9-11H,2,8H2,1H3,(H,27,28)(H,24,25,26)/b18-10-. The smallest absolute Gasteiger partial charge is 0.337 e. The molecular formula is C21H16ClN3O5S. The van der Waals surface area contributed by atoms with E-state index in [1.807, 2.05) is 13.0 Å². The minimum Gasteiger partial charge on any atom is -0.490 e. The summed E-state index contributed by atoms with van der Waals surface area (Å²) in [7, 11) is 0. The molecule has 1 aliphatic heterocycles. The number of nitrogens with one attached hydrogen (secondary N) is 1. The number of aromatic carboxylic acids is 1. The van der Waals surface area contributed by atoms with Gasteiger partial charge in [-0.05, 0) is 60.7 Å². The van der Waals surface area contributed by atoms with E-state index in [1.165, 1.54) is 12.1 Å². The van der Waals surface area contributed by atoms with E-state index in [-0.39, 0.29) is 23.1 Å². The minimum absolute atomic E-state index is 0.0734. The van der Waals surface area contributed by atoms with Crippen LogP contribution in [0.4, 0.5) is 5.69 Å². The van der Waals surface area contributed by atoms with Gasteiger partial charge < -0.3 is 19.9 Å². The number of carboxylic acid groups (broad SMARTS) is 1. The molecule has 10 heteroatoms. The summed E-state index contributed by atoms with van der Waals surface area (Å²) in [5, 5.41) is 20.9. The highest BCUT2D eigenvalue weighted by molar-refractivity contribution is 8.18. The fraction of sp³-hybridized carbons (Fsp3) is 0.143. The Bertz CT molecular complexity index is 1140. The molecule has 0 aromatic heterocycles. The summed E-state index contributed by atoms with van der Waals surface area (Å²) in [5.74, 6) is -0.595. The number of carbonyl (C=O) groups is 2. The molecule has 0 bridgehead atoms. The van der Waals surface area contributed by atoms with E-state index >= 15 is 0 Å². The number of nitriles is 1. The van der Waals surface area contributed by atoms with E-state index in [4.69, 9.17) is 26.3 Å². The van der Waals surface area contributed by atoms with E-state index in [0.29, 0.717) is 39.4 Å². The van der Waals surface area contributed by atoms with Crippen LogP contribution >= 0.6 is 23.4 Å². The number of ether oxygens (including phenoxy) is 2. The molecule has 31 heavy (non-hydrogen) atoms. The average molecular weight is 458 g/mol. The Labute approximate surface area is 187 Å². The Morgan fingerprint density at radius 3 is 2.81 bits per heavy atom. The second-order valence-corrected chi connectivity index (χ2v) is 7.47. The van der Waals surface area contributed by atoms with Crippen molar-refractivity contribution < 1.29 is 24.2 Å². The first-order chi connectivity index (χ1) is 14.9. The van der Waals surface area contributed by atoms with E-state index in [2.05, 4.69) is 10.3 Å². The number of halogens is 1. The minimum atomic E-state index is -1.16. The molecule has 0 unspecified atom stereocenters. The van der Waals surface area contributed by atoms with Crippen molar-refractivity contribution in [3.8, 4) is 17.6 Å². The molecule has 2 aromatic carbocycles. The van der Waals surface area contributed by atoms with Gasteiger partial charge in [0.15, 0.2) is 23.3 Å². The molecule has 1 amide bonds. The highest BCUT2D eigenvalue weighted by Gasteiger charge is 2.24. The normalized spacial score (nSPS) is 15.6. The van der Waals surface area contributed by atoms with Gasteiger partial charge in [-0.1, -0.05) is 17.7 Å². The molecule has 0 radical (unpaired) electrons. The van der Waals surface area contributed by atoms with Gasteiger partial charge in [-0.3, -0.25) is 4.79 Å². The molecule has 158 valence electrons. The van der Waals surface area contributed by atoms with Crippen molar-refractivity contribution in [2.75, 3.05) is 13.2 Å². The van der Waals surface area contributed by atoms with Crippen LogP contribution < -0.4 is 14.8 Å². The first kappa shape index (κ1) is 22.2. The van der Waals surface area contributed by atoms with Gasteiger partial charge in [-0.2, -0.15) is 5.26 Å². The summed E-state index contributed by atoms with van der Waals surface area (Å²) in [5.41, 5.74) is 0.977. The molecule has 2 aromatic rings. The first-order valence-corrected chi connectivity index (χ1v) is 10.2. The van der Waals surface area contributed by atoms with Crippen molar-refractivity contribution >= 4 is 52.2 Å². The van der Waals surface area contributed by atoms with Gasteiger partial charge in [0.05, 0.1) is 27.8 Å². The Hall–Kier alpha value is -3.48. The number of carboxylic acids is 1. The molecule has 0 spiro atoms. The zero-order valence-corrected chi connectivity index (χ0v) is 17.8. The highest BCUT2D eigenvalue weighted by Crippen LogP contribution is 2.33. The summed E-state index contributed by atoms with van der Waals surface area (Å²) >= 11 is 6.99. The van der Waals surface area contributed by atoms with Crippen LogP contribution in [0, 0.1) is 11.3 Å². The maximum Gasteiger partial charge on any atom is 0.337 e. The first-order valence-electron chi connectivity index (χ1n) is 9.00. The van der Waals surface area contributed by atoms with Crippen LogP contribution in [-0.2, 0) is 4.79 Å². The predicted molar refractivity (Wildman–Crippen MR) is 118 cm³/mol. The number of benzene rings is 2. The SMILES string of the molecule is CCOc1cc(/C=C2\SC(=Nc3ccc(Cl)c(C(=O)O)c3)NC2=O)ccc1OCC#N. The molecule has 3 rings (SSSR count). The number of aliphatic imine (C=N–C) groups is 1. The number of nitrogens with zero attached hydrogens (tertiary/aromatic N) is 2. The van der Waals surface area contributed by atoms with Crippen LogP contribution in [-0.4, -0.2) is 35.4 Å². The van der Waals surface area contributed by atoms with E-state index < -0.39 is 5.97 Å². The van der Waals surface area contributed by atoms with Crippen molar-refractivity contribution in [3.63, 3.8) is 0 Å². The molecule has 0 saturated carbocycles. The van der Waals surface area contributed by atoms with Crippen LogP contribution in [0.1, 0.15) is 22.8 Å². The van der Waals surface area contributed by atoms with Gasteiger partial charge in [0.25, 0.3) is 5.91 Å². The number of thioether (sulfide) groups is 1. The van der Waals surface area contributed by atoms with Crippen LogP contribution in [0.5, 0.6) is 11.5 Å². The van der Waals surface area contributed by atoms with Crippen molar-refractivity contribution in [3.05, 3.63) is 57.5 Å². The zero-order chi connectivity index (χ0) is 22.4. The highest BCUT2D eigenvalue weighted by atomic mass is 35.5. The van der Waals surface area contributed by atoms with Crippen LogP contribution in [0.2, 0.25) is 5.02 Å². The molecule has 1 heterocycles. The molecule has 0 aliphatic carbocycles. The second-order valence-electron chi connectivity index (χ2n) is 6.04. The second kappa shape index (κ2) is 10.0. The molecular weight excluding hydrogens is 442 g/mol. The summed E-state index contributed by atoms with van der Waals surface area (Å²) < 4.78 is 10.9. The number of rotatable bonds is 7. The third-order valence-corrected chi connectivity index (χ3v) is 5.16. The van der Waals surface area contributed by atoms with E-state index in [0.717, 1.165) is 11.8 Å².